The van der Waals surface area contributed by atoms with Crippen LogP contribution < -0.4 is 27.0 Å². The van der Waals surface area contributed by atoms with E-state index in [0.717, 1.165) is 42.1 Å². The summed E-state index contributed by atoms with van der Waals surface area (Å²) in [4.78, 5) is 41.2. The molecule has 3 amide bonds. The van der Waals surface area contributed by atoms with Gasteiger partial charge in [0, 0.05) is 36.4 Å². The van der Waals surface area contributed by atoms with Crippen molar-refractivity contribution < 1.29 is 38.1 Å². The number of fused-ring (bicyclic) bond motifs is 1. The smallest absolute Gasteiger partial charge is 0.407 e. The fourth-order valence-electron chi connectivity index (χ4n) is 6.10. The normalized spacial score (nSPS) is 15.6. The minimum atomic E-state index is -0.772. The first-order valence-electron chi connectivity index (χ1n) is 18.9. The molecule has 0 radical (unpaired) electrons. The maximum Gasteiger partial charge on any atom is 0.407 e. The fraction of sp³-hybridized carbons (Fsp3) is 0.487. The predicted octanol–water partition coefficient (Wildman–Crippen LogP) is 4.89. The van der Waals surface area contributed by atoms with Crippen molar-refractivity contribution in [2.45, 2.75) is 77.3 Å². The van der Waals surface area contributed by atoms with E-state index in [-0.39, 0.29) is 36.2 Å². The highest BCUT2D eigenvalue weighted by Gasteiger charge is 2.29. The van der Waals surface area contributed by atoms with Gasteiger partial charge in [0.1, 0.15) is 12.2 Å². The molecule has 2 aromatic heterocycles. The van der Waals surface area contributed by atoms with Crippen molar-refractivity contribution in [1.29, 1.82) is 0 Å². The van der Waals surface area contributed by atoms with Crippen LogP contribution in [0.5, 0.6) is 0 Å². The van der Waals surface area contributed by atoms with Crippen molar-refractivity contribution >= 4 is 46.5 Å². The van der Waals surface area contributed by atoms with E-state index >= 15 is 0 Å². The first kappa shape index (κ1) is 41.6. The highest BCUT2D eigenvalue weighted by molar-refractivity contribution is 5.99. The maximum absolute atomic E-state index is 12.5. The molecular formula is C39H53N9O8. The molecule has 0 spiro atoms. The third-order valence-corrected chi connectivity index (χ3v) is 8.72. The van der Waals surface area contributed by atoms with Crippen LogP contribution in [0.25, 0.3) is 10.9 Å². The maximum atomic E-state index is 12.5. The zero-order valence-electron chi connectivity index (χ0n) is 32.3. The number of benzene rings is 2. The van der Waals surface area contributed by atoms with E-state index in [9.17, 15) is 14.4 Å². The lowest BCUT2D eigenvalue weighted by Gasteiger charge is -2.33. The number of rotatable bonds is 20. The van der Waals surface area contributed by atoms with Crippen molar-refractivity contribution in [2.24, 2.45) is 5.73 Å². The third kappa shape index (κ3) is 13.3. The molecule has 302 valence electrons. The van der Waals surface area contributed by atoms with Gasteiger partial charge in [-0.2, -0.15) is 4.98 Å². The van der Waals surface area contributed by atoms with Crippen molar-refractivity contribution in [3.63, 3.8) is 0 Å². The molecule has 0 bridgehead atoms. The highest BCUT2D eigenvalue weighted by Crippen LogP contribution is 2.29. The summed E-state index contributed by atoms with van der Waals surface area (Å²) >= 11 is 0. The molecular weight excluding hydrogens is 722 g/mol. The number of carbonyl (C=O) groups excluding carboxylic acids is 3. The van der Waals surface area contributed by atoms with Gasteiger partial charge in [-0.1, -0.05) is 49.2 Å². The number of hydrogen-bond donors (Lipinski definition) is 5. The van der Waals surface area contributed by atoms with Crippen LogP contribution in [0.15, 0.2) is 60.8 Å². The number of carbonyl (C=O) groups is 3. The lowest BCUT2D eigenvalue weighted by molar-refractivity contribution is 0.0138. The van der Waals surface area contributed by atoms with E-state index < -0.39 is 23.7 Å². The topological polar surface area (TPSA) is 215 Å². The summed E-state index contributed by atoms with van der Waals surface area (Å²) < 4.78 is 29.6. The predicted molar refractivity (Wildman–Crippen MR) is 210 cm³/mol. The van der Waals surface area contributed by atoms with Gasteiger partial charge >= 0.3 is 12.2 Å². The molecule has 1 saturated carbocycles. The van der Waals surface area contributed by atoms with Crippen molar-refractivity contribution in [3.8, 4) is 0 Å². The van der Waals surface area contributed by atoms with Gasteiger partial charge in [-0.3, -0.25) is 4.79 Å². The summed E-state index contributed by atoms with van der Waals surface area (Å²) in [5, 5.41) is 21.3. The number of aromatic nitrogens is 4. The summed E-state index contributed by atoms with van der Waals surface area (Å²) in [6.45, 7) is 9.07. The van der Waals surface area contributed by atoms with Gasteiger partial charge in [0.15, 0.2) is 11.5 Å². The Hall–Kier alpha value is -5.52. The number of anilines is 3. The minimum Gasteiger partial charge on any atom is -0.445 e. The van der Waals surface area contributed by atoms with Crippen LogP contribution in [0.2, 0.25) is 0 Å². The zero-order valence-corrected chi connectivity index (χ0v) is 32.3. The lowest BCUT2D eigenvalue weighted by Crippen LogP contribution is -2.50. The molecule has 1 aliphatic rings. The molecule has 0 saturated heterocycles. The molecule has 1 aliphatic carbocycles. The highest BCUT2D eigenvalue weighted by atomic mass is 16.6. The molecule has 17 nitrogen and oxygen atoms in total. The van der Waals surface area contributed by atoms with Gasteiger partial charge in [0.05, 0.1) is 51.2 Å². The summed E-state index contributed by atoms with van der Waals surface area (Å²) in [6.07, 6.45) is 4.46. The van der Waals surface area contributed by atoms with Crippen LogP contribution in [-0.4, -0.2) is 102 Å². The number of nitrogens with one attached hydrogen (secondary N) is 4. The molecule has 1 fully saturated rings. The van der Waals surface area contributed by atoms with Crippen LogP contribution in [0.4, 0.5) is 27.0 Å². The Bertz CT molecular complexity index is 1870. The van der Waals surface area contributed by atoms with Crippen LogP contribution in [0, 0.1) is 0 Å². The Kier molecular flexibility index (Phi) is 15.6. The second kappa shape index (κ2) is 21.0. The Morgan fingerprint density at radius 1 is 0.839 bits per heavy atom. The average Bonchev–Trinajstić information content (AvgIpc) is 3.58. The molecule has 2 atom stereocenters. The summed E-state index contributed by atoms with van der Waals surface area (Å²) in [5.41, 5.74) is 7.51. The van der Waals surface area contributed by atoms with Crippen LogP contribution >= 0.6 is 0 Å². The van der Waals surface area contributed by atoms with E-state index in [2.05, 4.69) is 41.0 Å². The monoisotopic (exact) mass is 775 g/mol. The second-order valence-corrected chi connectivity index (χ2v) is 14.2. The van der Waals surface area contributed by atoms with Gasteiger partial charge in [-0.05, 0) is 57.4 Å². The molecule has 17 heteroatoms. The largest absolute Gasteiger partial charge is 0.445 e. The molecule has 0 aliphatic heterocycles. The SMILES string of the molecule is CC(C)(C)OC(=O)N[C@H]1CCCC[C@H]1Nc1nnc(C(N)=O)c(Nc2cccc3c2ccn3CCOCCOCCOCCNC(=O)OCc2ccccc2)n1. The van der Waals surface area contributed by atoms with Crippen molar-refractivity contribution in [2.75, 3.05) is 56.8 Å². The Balaban J connectivity index is 1.03. The number of ether oxygens (including phenoxy) is 5. The van der Waals surface area contributed by atoms with Gasteiger partial charge in [0.25, 0.3) is 5.91 Å². The number of primary amides is 1. The lowest BCUT2D eigenvalue weighted by atomic mass is 9.90. The first-order valence-corrected chi connectivity index (χ1v) is 18.9. The molecule has 2 aromatic carbocycles. The number of alkyl carbamates (subject to hydrolysis) is 2. The number of nitrogens with two attached hydrogens (primary N) is 1. The summed E-state index contributed by atoms with van der Waals surface area (Å²) in [5.74, 6) is -0.414. The van der Waals surface area contributed by atoms with Crippen LogP contribution in [0.1, 0.15) is 62.5 Å². The number of hydrogen-bond acceptors (Lipinski definition) is 13. The number of amides is 3. The average molecular weight is 776 g/mol. The van der Waals surface area contributed by atoms with E-state index in [1.54, 1.807) is 0 Å². The van der Waals surface area contributed by atoms with Crippen molar-refractivity contribution in [1.82, 2.24) is 30.4 Å². The van der Waals surface area contributed by atoms with Crippen LogP contribution in [0.3, 0.4) is 0 Å². The number of nitrogens with zero attached hydrogens (tertiary/aromatic N) is 4. The van der Waals surface area contributed by atoms with E-state index in [0.29, 0.717) is 58.4 Å². The first-order chi connectivity index (χ1) is 27.1. The third-order valence-electron chi connectivity index (χ3n) is 8.72. The standard InChI is InChI=1S/C39H53N9O8/c1-39(2,3)56-38(51)44-31-13-8-7-12-30(31)43-36-45-35(33(34(40)49)46-47-36)42-29-14-9-15-32-28(29)16-18-48(32)19-21-53-23-25-54-24-22-52-20-17-41-37(50)55-26-27-10-5-4-6-11-27/h4-6,9-11,14-16,18,30-31H,7-8,12-13,17,19-26H2,1-3H3,(H2,40,49)(H,41,50)(H,44,51)(H2,42,43,45,47)/t30-,31+/m1/s1. The summed E-state index contributed by atoms with van der Waals surface area (Å²) in [7, 11) is 0. The van der Waals surface area contributed by atoms with Gasteiger partial charge in [0.2, 0.25) is 5.95 Å². The van der Waals surface area contributed by atoms with Crippen molar-refractivity contribution in [3.05, 3.63) is 72.1 Å². The van der Waals surface area contributed by atoms with E-state index in [4.69, 9.17) is 29.4 Å². The fourth-order valence-corrected chi connectivity index (χ4v) is 6.10. The second-order valence-electron chi connectivity index (χ2n) is 14.2. The quantitative estimate of drug-likeness (QED) is 0.0757. The molecule has 0 unspecified atom stereocenters. The molecule has 5 rings (SSSR count). The Labute approximate surface area is 326 Å². The van der Waals surface area contributed by atoms with Crippen LogP contribution in [-0.2, 0) is 36.8 Å². The Morgan fingerprint density at radius 2 is 1.55 bits per heavy atom. The van der Waals surface area contributed by atoms with E-state index in [1.165, 1.54) is 0 Å². The van der Waals surface area contributed by atoms with Gasteiger partial charge in [-0.25, -0.2) is 9.59 Å². The molecule has 56 heavy (non-hydrogen) atoms. The molecule has 6 N–H and O–H groups in total. The van der Waals surface area contributed by atoms with Gasteiger partial charge in [-0.15, -0.1) is 10.2 Å². The van der Waals surface area contributed by atoms with Gasteiger partial charge < -0.3 is 55.3 Å². The molecule has 2 heterocycles. The van der Waals surface area contributed by atoms with E-state index in [1.807, 2.05) is 81.6 Å². The zero-order chi connectivity index (χ0) is 39.8. The Morgan fingerprint density at radius 3 is 2.29 bits per heavy atom. The molecule has 4 aromatic rings. The summed E-state index contributed by atoms with van der Waals surface area (Å²) in [6, 6.07) is 16.8. The minimum absolute atomic E-state index is 0.102.